The Morgan fingerprint density at radius 1 is 0.923 bits per heavy atom. The number of halogens is 1. The summed E-state index contributed by atoms with van der Waals surface area (Å²) < 4.78 is 0. The topological polar surface area (TPSA) is 23.8 Å². The van der Waals surface area contributed by atoms with Crippen LogP contribution in [-0.4, -0.2) is 0 Å². The molecule has 2 heteroatoms. The third-order valence-corrected chi connectivity index (χ3v) is 1.88. The van der Waals surface area contributed by atoms with Gasteiger partial charge in [-0.25, -0.2) is 0 Å². The van der Waals surface area contributed by atoms with E-state index >= 15 is 0 Å². The third-order valence-electron chi connectivity index (χ3n) is 1.88. The van der Waals surface area contributed by atoms with Crippen LogP contribution < -0.4 is 0 Å². The van der Waals surface area contributed by atoms with Crippen molar-refractivity contribution in [1.29, 1.82) is 5.26 Å². The van der Waals surface area contributed by atoms with E-state index in [1.54, 1.807) is 0 Å². The molecule has 2 aliphatic rings. The highest BCUT2D eigenvalue weighted by molar-refractivity contribution is 5.85. The van der Waals surface area contributed by atoms with E-state index in [-0.39, 0.29) is 12.4 Å². The number of hydrogen-bond donors (Lipinski definition) is 0. The Morgan fingerprint density at radius 3 is 2.23 bits per heavy atom. The highest BCUT2D eigenvalue weighted by Gasteiger charge is 1.98. The van der Waals surface area contributed by atoms with Crippen LogP contribution in [-0.2, 0) is 0 Å². The second-order valence-corrected chi connectivity index (χ2v) is 2.67. The van der Waals surface area contributed by atoms with Gasteiger partial charge in [-0.3, -0.25) is 0 Å². The summed E-state index contributed by atoms with van der Waals surface area (Å²) in [6, 6.07) is 15.8. The zero-order valence-electron chi connectivity index (χ0n) is 6.90. The Hall–Kier alpha value is -1.52. The summed E-state index contributed by atoms with van der Waals surface area (Å²) in [4.78, 5) is 0. The summed E-state index contributed by atoms with van der Waals surface area (Å²) in [5.41, 5.74) is 3.00. The molecule has 0 aromatic carbocycles. The minimum atomic E-state index is 0. The molecule has 0 unspecified atom stereocenters. The fourth-order valence-corrected chi connectivity index (χ4v) is 1.27. The first-order valence-electron chi connectivity index (χ1n) is 3.79. The minimum Gasteiger partial charge on any atom is -0.192 e. The number of rotatable bonds is 0. The van der Waals surface area contributed by atoms with Crippen molar-refractivity contribution in [3.8, 4) is 17.2 Å². The lowest BCUT2D eigenvalue weighted by Gasteiger charge is -1.87. The van der Waals surface area contributed by atoms with Gasteiger partial charge in [0.2, 0.25) is 0 Å². The van der Waals surface area contributed by atoms with Crippen LogP contribution in [0.5, 0.6) is 0 Å². The van der Waals surface area contributed by atoms with Crippen molar-refractivity contribution in [2.45, 2.75) is 0 Å². The lowest BCUT2D eigenvalue weighted by Crippen LogP contribution is -1.66. The van der Waals surface area contributed by atoms with Gasteiger partial charge in [-0.05, 0) is 23.3 Å². The van der Waals surface area contributed by atoms with Crippen LogP contribution in [0.1, 0.15) is 5.56 Å². The van der Waals surface area contributed by atoms with Crippen molar-refractivity contribution in [1.82, 2.24) is 0 Å². The van der Waals surface area contributed by atoms with Gasteiger partial charge < -0.3 is 0 Å². The first-order valence-corrected chi connectivity index (χ1v) is 3.79. The molecule has 1 nitrogen and oxygen atoms in total. The van der Waals surface area contributed by atoms with E-state index in [2.05, 4.69) is 6.07 Å². The van der Waals surface area contributed by atoms with Crippen LogP contribution in [0.4, 0.5) is 0 Å². The van der Waals surface area contributed by atoms with E-state index in [4.69, 9.17) is 5.26 Å². The number of nitrogens with zero attached hydrogens (tertiary/aromatic N) is 1. The van der Waals surface area contributed by atoms with Crippen molar-refractivity contribution >= 4 is 12.4 Å². The zero-order chi connectivity index (χ0) is 8.39. The monoisotopic (exact) mass is 189 g/mol. The Balaban J connectivity index is 0.000000845. The fourth-order valence-electron chi connectivity index (χ4n) is 1.27. The highest BCUT2D eigenvalue weighted by Crippen LogP contribution is 2.21. The molecule has 0 bridgehead atoms. The van der Waals surface area contributed by atoms with Gasteiger partial charge in [-0.2, -0.15) is 5.26 Å². The predicted molar refractivity (Wildman–Crippen MR) is 55.0 cm³/mol. The molecular weight excluding hydrogens is 182 g/mol. The van der Waals surface area contributed by atoms with Crippen LogP contribution in [0.2, 0.25) is 0 Å². The molecule has 0 saturated heterocycles. The van der Waals surface area contributed by atoms with Crippen molar-refractivity contribution in [2.24, 2.45) is 0 Å². The second-order valence-electron chi connectivity index (χ2n) is 2.67. The molecule has 0 fully saturated rings. The standard InChI is InChI=1S/C11H7N.ClH/c12-8-9-3-1-4-10-5-2-6-11(10)7-9;/h1-7H;1H. The molecule has 0 amide bonds. The Morgan fingerprint density at radius 2 is 1.54 bits per heavy atom. The first kappa shape index (κ1) is 9.57. The van der Waals surface area contributed by atoms with Crippen molar-refractivity contribution in [3.05, 3.63) is 48.0 Å². The van der Waals surface area contributed by atoms with Crippen LogP contribution >= 0.6 is 12.4 Å². The largest absolute Gasteiger partial charge is 0.192 e. The van der Waals surface area contributed by atoms with E-state index in [0.717, 1.165) is 5.56 Å². The molecule has 0 saturated carbocycles. The van der Waals surface area contributed by atoms with Crippen molar-refractivity contribution in [2.75, 3.05) is 0 Å². The number of hydrogen-bond acceptors (Lipinski definition) is 1. The average Bonchev–Trinajstić information content (AvgIpc) is 2.43. The molecule has 0 heterocycles. The predicted octanol–water partition coefficient (Wildman–Crippen LogP) is 3.08. The molecule has 0 radical (unpaired) electrons. The molecule has 0 aromatic rings. The summed E-state index contributed by atoms with van der Waals surface area (Å²) in [6.45, 7) is 0. The fraction of sp³-hybridized carbons (Fsp3) is 0. The molecule has 2 aliphatic carbocycles. The van der Waals surface area contributed by atoms with Gasteiger partial charge >= 0.3 is 0 Å². The molecule has 13 heavy (non-hydrogen) atoms. The molecular formula is C11H8ClN. The maximum absolute atomic E-state index is 8.70. The lowest BCUT2D eigenvalue weighted by molar-refractivity contribution is 1.50. The molecule has 0 aromatic heterocycles. The van der Waals surface area contributed by atoms with Crippen molar-refractivity contribution < 1.29 is 0 Å². The van der Waals surface area contributed by atoms with E-state index < -0.39 is 0 Å². The summed E-state index contributed by atoms with van der Waals surface area (Å²) in [7, 11) is 0. The van der Waals surface area contributed by atoms with Gasteiger partial charge in [0.05, 0.1) is 11.6 Å². The summed E-state index contributed by atoms with van der Waals surface area (Å²) in [6.07, 6.45) is 0. The summed E-state index contributed by atoms with van der Waals surface area (Å²) in [5, 5.41) is 8.70. The molecule has 0 spiro atoms. The molecule has 0 atom stereocenters. The van der Waals surface area contributed by atoms with Gasteiger partial charge in [-0.1, -0.05) is 30.3 Å². The summed E-state index contributed by atoms with van der Waals surface area (Å²) in [5.74, 6) is 0. The van der Waals surface area contributed by atoms with Gasteiger partial charge in [0, 0.05) is 0 Å². The number of fused-ring (bicyclic) bond motifs is 1. The van der Waals surface area contributed by atoms with Gasteiger partial charge in [0.25, 0.3) is 0 Å². The van der Waals surface area contributed by atoms with Crippen LogP contribution in [0, 0.1) is 11.3 Å². The Bertz CT molecular complexity index is 417. The van der Waals surface area contributed by atoms with E-state index in [1.165, 1.54) is 5.56 Å². The minimum absolute atomic E-state index is 0. The number of nitriles is 1. The molecule has 0 aliphatic heterocycles. The van der Waals surface area contributed by atoms with E-state index in [1.807, 2.05) is 42.5 Å². The maximum Gasteiger partial charge on any atom is 0.0991 e. The van der Waals surface area contributed by atoms with Gasteiger partial charge in [-0.15, -0.1) is 12.4 Å². The molecule has 0 N–H and O–H groups in total. The van der Waals surface area contributed by atoms with Gasteiger partial charge in [0.1, 0.15) is 0 Å². The first-order chi connectivity index (χ1) is 5.90. The maximum atomic E-state index is 8.70. The third kappa shape index (κ3) is 1.80. The molecule has 2 rings (SSSR count). The van der Waals surface area contributed by atoms with Crippen LogP contribution in [0.3, 0.4) is 0 Å². The van der Waals surface area contributed by atoms with E-state index in [9.17, 15) is 0 Å². The Labute approximate surface area is 83.4 Å². The second kappa shape index (κ2) is 3.93. The summed E-state index contributed by atoms with van der Waals surface area (Å²) >= 11 is 0. The van der Waals surface area contributed by atoms with Crippen molar-refractivity contribution in [3.63, 3.8) is 0 Å². The van der Waals surface area contributed by atoms with Crippen LogP contribution in [0.25, 0.3) is 11.1 Å². The Kier molecular flexibility index (Phi) is 2.89. The van der Waals surface area contributed by atoms with E-state index in [0.29, 0.717) is 5.56 Å². The van der Waals surface area contributed by atoms with Gasteiger partial charge in [0.15, 0.2) is 0 Å². The lowest BCUT2D eigenvalue weighted by atomic mass is 10.2. The van der Waals surface area contributed by atoms with Crippen LogP contribution in [0.15, 0.2) is 42.5 Å². The molecule has 64 valence electrons. The highest BCUT2D eigenvalue weighted by atomic mass is 35.5. The quantitative estimate of drug-likeness (QED) is 0.625. The SMILES string of the molecule is Cl.N#Cc1cccc2cccc-2c1. The smallest absolute Gasteiger partial charge is 0.0991 e. The average molecular weight is 190 g/mol. The zero-order valence-corrected chi connectivity index (χ0v) is 7.71. The normalized spacial score (nSPS) is 8.85.